The van der Waals surface area contributed by atoms with Gasteiger partial charge in [-0.25, -0.2) is 9.78 Å². The van der Waals surface area contributed by atoms with Crippen LogP contribution in [0, 0.1) is 0 Å². The SMILES string of the molecule is CC(O)C(C)Sc1ncccc1C(=O)O. The number of hydrogen-bond donors (Lipinski definition) is 2. The highest BCUT2D eigenvalue weighted by atomic mass is 32.2. The number of carboxylic acid groups (broad SMARTS) is 1. The quantitative estimate of drug-likeness (QED) is 0.765. The number of thioether (sulfide) groups is 1. The zero-order valence-corrected chi connectivity index (χ0v) is 9.36. The van der Waals surface area contributed by atoms with E-state index in [0.29, 0.717) is 5.03 Å². The molecule has 15 heavy (non-hydrogen) atoms. The van der Waals surface area contributed by atoms with E-state index in [1.807, 2.05) is 6.92 Å². The van der Waals surface area contributed by atoms with Crippen molar-refractivity contribution in [3.05, 3.63) is 23.9 Å². The Hall–Kier alpha value is -1.07. The Bertz CT molecular complexity index is 354. The van der Waals surface area contributed by atoms with Crippen LogP contribution in [0.1, 0.15) is 24.2 Å². The van der Waals surface area contributed by atoms with Crippen molar-refractivity contribution in [1.29, 1.82) is 0 Å². The Labute approximate surface area is 92.3 Å². The number of rotatable bonds is 4. The summed E-state index contributed by atoms with van der Waals surface area (Å²) in [5.41, 5.74) is 0.176. The van der Waals surface area contributed by atoms with Gasteiger partial charge in [-0.2, -0.15) is 0 Å². The number of carboxylic acids is 1. The fourth-order valence-corrected chi connectivity index (χ4v) is 1.88. The number of carbonyl (C=O) groups is 1. The molecule has 0 radical (unpaired) electrons. The molecule has 0 bridgehead atoms. The Balaban J connectivity index is 2.89. The van der Waals surface area contributed by atoms with Crippen molar-refractivity contribution >= 4 is 17.7 Å². The minimum atomic E-state index is -0.997. The summed E-state index contributed by atoms with van der Waals surface area (Å²) in [5.74, 6) is -0.997. The maximum absolute atomic E-state index is 10.9. The molecular formula is C10H13NO3S. The van der Waals surface area contributed by atoms with E-state index >= 15 is 0 Å². The molecule has 0 saturated heterocycles. The molecule has 5 heteroatoms. The molecule has 82 valence electrons. The smallest absolute Gasteiger partial charge is 0.338 e. The van der Waals surface area contributed by atoms with E-state index in [9.17, 15) is 9.90 Å². The highest BCUT2D eigenvalue weighted by Crippen LogP contribution is 2.26. The van der Waals surface area contributed by atoms with Crippen molar-refractivity contribution in [2.75, 3.05) is 0 Å². The average molecular weight is 227 g/mol. The van der Waals surface area contributed by atoms with Crippen LogP contribution in [0.15, 0.2) is 23.4 Å². The Morgan fingerprint density at radius 3 is 2.73 bits per heavy atom. The van der Waals surface area contributed by atoms with Gasteiger partial charge in [0.05, 0.1) is 11.7 Å². The average Bonchev–Trinajstić information content (AvgIpc) is 2.18. The number of aromatic nitrogens is 1. The molecule has 1 aromatic heterocycles. The molecule has 1 aromatic rings. The zero-order chi connectivity index (χ0) is 11.4. The Kier molecular flexibility index (Phi) is 4.11. The van der Waals surface area contributed by atoms with Crippen LogP contribution in [0.4, 0.5) is 0 Å². The van der Waals surface area contributed by atoms with Gasteiger partial charge in [-0.1, -0.05) is 18.7 Å². The van der Waals surface area contributed by atoms with Crippen LogP contribution < -0.4 is 0 Å². The molecule has 0 aliphatic carbocycles. The van der Waals surface area contributed by atoms with Gasteiger partial charge in [0, 0.05) is 11.4 Å². The van der Waals surface area contributed by atoms with E-state index in [1.54, 1.807) is 19.2 Å². The third-order valence-electron chi connectivity index (χ3n) is 1.98. The van der Waals surface area contributed by atoms with Gasteiger partial charge < -0.3 is 10.2 Å². The molecular weight excluding hydrogens is 214 g/mol. The molecule has 2 N–H and O–H groups in total. The summed E-state index contributed by atoms with van der Waals surface area (Å²) >= 11 is 1.26. The Morgan fingerprint density at radius 1 is 1.53 bits per heavy atom. The van der Waals surface area contributed by atoms with Crippen LogP contribution in [-0.2, 0) is 0 Å². The van der Waals surface area contributed by atoms with Gasteiger partial charge in [-0.3, -0.25) is 0 Å². The minimum Gasteiger partial charge on any atom is -0.478 e. The first kappa shape index (κ1) is 12.0. The van der Waals surface area contributed by atoms with Crippen molar-refractivity contribution in [2.24, 2.45) is 0 Å². The first-order valence-electron chi connectivity index (χ1n) is 4.55. The van der Waals surface area contributed by atoms with Gasteiger partial charge in [0.2, 0.25) is 0 Å². The molecule has 0 spiro atoms. The second kappa shape index (κ2) is 5.14. The van der Waals surface area contributed by atoms with E-state index < -0.39 is 12.1 Å². The second-order valence-corrected chi connectivity index (χ2v) is 4.59. The van der Waals surface area contributed by atoms with Crippen molar-refractivity contribution in [3.63, 3.8) is 0 Å². The lowest BCUT2D eigenvalue weighted by molar-refractivity contribution is 0.0692. The predicted octanol–water partition coefficient (Wildman–Crippen LogP) is 1.64. The third kappa shape index (κ3) is 3.21. The number of nitrogens with zero attached hydrogens (tertiary/aromatic N) is 1. The van der Waals surface area contributed by atoms with Gasteiger partial charge in [0.25, 0.3) is 0 Å². The van der Waals surface area contributed by atoms with Crippen LogP contribution in [-0.4, -0.2) is 32.5 Å². The largest absolute Gasteiger partial charge is 0.478 e. The number of aliphatic hydroxyl groups is 1. The molecule has 0 aliphatic rings. The molecule has 0 fully saturated rings. The minimum absolute atomic E-state index is 0.0852. The van der Waals surface area contributed by atoms with Gasteiger partial charge in [0.15, 0.2) is 0 Å². The van der Waals surface area contributed by atoms with Crippen molar-refractivity contribution < 1.29 is 15.0 Å². The van der Waals surface area contributed by atoms with Crippen LogP contribution in [0.5, 0.6) is 0 Å². The molecule has 0 amide bonds. The summed E-state index contributed by atoms with van der Waals surface area (Å²) in [5, 5.41) is 18.6. The van der Waals surface area contributed by atoms with E-state index in [0.717, 1.165) is 0 Å². The topological polar surface area (TPSA) is 70.4 Å². The van der Waals surface area contributed by atoms with E-state index in [-0.39, 0.29) is 10.8 Å². The maximum Gasteiger partial charge on any atom is 0.338 e. The van der Waals surface area contributed by atoms with Gasteiger partial charge in [-0.05, 0) is 19.1 Å². The number of pyridine rings is 1. The summed E-state index contributed by atoms with van der Waals surface area (Å²) in [6.45, 7) is 3.50. The third-order valence-corrected chi connectivity index (χ3v) is 3.29. The number of aromatic carboxylic acids is 1. The lowest BCUT2D eigenvalue weighted by Crippen LogP contribution is -2.16. The van der Waals surface area contributed by atoms with Crippen LogP contribution in [0.3, 0.4) is 0 Å². The first-order chi connectivity index (χ1) is 7.02. The van der Waals surface area contributed by atoms with Gasteiger partial charge in [-0.15, -0.1) is 0 Å². The predicted molar refractivity (Wildman–Crippen MR) is 58.2 cm³/mol. The molecule has 0 saturated carbocycles. The fourth-order valence-electron chi connectivity index (χ4n) is 0.922. The molecule has 1 heterocycles. The van der Waals surface area contributed by atoms with Crippen molar-refractivity contribution in [1.82, 2.24) is 4.98 Å². The first-order valence-corrected chi connectivity index (χ1v) is 5.43. The summed E-state index contributed by atoms with van der Waals surface area (Å²) in [7, 11) is 0. The molecule has 4 nitrogen and oxygen atoms in total. The van der Waals surface area contributed by atoms with Crippen molar-refractivity contribution in [2.45, 2.75) is 30.2 Å². The normalized spacial score (nSPS) is 14.6. The zero-order valence-electron chi connectivity index (χ0n) is 8.54. The van der Waals surface area contributed by atoms with Crippen LogP contribution >= 0.6 is 11.8 Å². The lowest BCUT2D eigenvalue weighted by Gasteiger charge is -2.14. The summed E-state index contributed by atoms with van der Waals surface area (Å²) in [4.78, 5) is 14.9. The standard InChI is InChI=1S/C10H13NO3S/c1-6(12)7(2)15-9-8(10(13)14)4-3-5-11-9/h3-7,12H,1-2H3,(H,13,14). The highest BCUT2D eigenvalue weighted by molar-refractivity contribution is 8.00. The lowest BCUT2D eigenvalue weighted by atomic mass is 10.3. The summed E-state index contributed by atoms with van der Waals surface area (Å²) < 4.78 is 0. The van der Waals surface area contributed by atoms with Crippen LogP contribution in [0.25, 0.3) is 0 Å². The summed E-state index contributed by atoms with van der Waals surface area (Å²) in [6, 6.07) is 3.09. The van der Waals surface area contributed by atoms with Crippen LogP contribution in [0.2, 0.25) is 0 Å². The van der Waals surface area contributed by atoms with E-state index in [4.69, 9.17) is 5.11 Å². The van der Waals surface area contributed by atoms with E-state index in [1.165, 1.54) is 17.8 Å². The highest BCUT2D eigenvalue weighted by Gasteiger charge is 2.16. The number of aliphatic hydroxyl groups excluding tert-OH is 1. The maximum atomic E-state index is 10.9. The molecule has 0 aromatic carbocycles. The summed E-state index contributed by atoms with van der Waals surface area (Å²) in [6.07, 6.45) is 1.04. The Morgan fingerprint density at radius 2 is 2.20 bits per heavy atom. The second-order valence-electron chi connectivity index (χ2n) is 3.22. The molecule has 2 atom stereocenters. The number of hydrogen-bond acceptors (Lipinski definition) is 4. The van der Waals surface area contributed by atoms with Gasteiger partial charge in [0.1, 0.15) is 5.03 Å². The fraction of sp³-hybridized carbons (Fsp3) is 0.400. The monoisotopic (exact) mass is 227 g/mol. The molecule has 1 rings (SSSR count). The van der Waals surface area contributed by atoms with Crippen molar-refractivity contribution in [3.8, 4) is 0 Å². The van der Waals surface area contributed by atoms with E-state index in [2.05, 4.69) is 4.98 Å². The molecule has 0 aliphatic heterocycles. The molecule has 2 unspecified atom stereocenters. The van der Waals surface area contributed by atoms with Gasteiger partial charge >= 0.3 is 5.97 Å².